The minimum absolute atomic E-state index is 0.0590. The normalized spacial score (nSPS) is 10.8. The summed E-state index contributed by atoms with van der Waals surface area (Å²) in [5, 5.41) is 9.08. The van der Waals surface area contributed by atoms with Crippen LogP contribution in [0, 0.1) is 0 Å². The number of halogens is 3. The number of hydrogen-bond donors (Lipinski definition) is 1. The van der Waals surface area contributed by atoms with Gasteiger partial charge in [-0.1, -0.05) is 11.6 Å². The lowest BCUT2D eigenvalue weighted by atomic mass is 10.1. The van der Waals surface area contributed by atoms with Gasteiger partial charge in [-0.25, -0.2) is 8.78 Å². The maximum Gasteiger partial charge on any atom is 0.255 e. The molecule has 1 rings (SSSR count). The third-order valence-electron chi connectivity index (χ3n) is 2.42. The fourth-order valence-corrected chi connectivity index (χ4v) is 1.88. The highest BCUT2D eigenvalue weighted by Crippen LogP contribution is 2.27. The van der Waals surface area contributed by atoms with E-state index in [0.717, 1.165) is 0 Å². The van der Waals surface area contributed by atoms with Crippen LogP contribution in [0.25, 0.3) is 0 Å². The van der Waals surface area contributed by atoms with Gasteiger partial charge in [0.25, 0.3) is 6.43 Å². The Labute approximate surface area is 109 Å². The maximum atomic E-state index is 12.4. The number of carbonyl (C=O) groups is 1. The van der Waals surface area contributed by atoms with E-state index >= 15 is 0 Å². The topological polar surface area (TPSA) is 40.5 Å². The van der Waals surface area contributed by atoms with Crippen molar-refractivity contribution in [3.8, 4) is 0 Å². The molecule has 0 amide bonds. The molecule has 100 valence electrons. The van der Waals surface area contributed by atoms with Gasteiger partial charge in [0.15, 0.2) is 5.78 Å². The molecule has 3 nitrogen and oxygen atoms in total. The van der Waals surface area contributed by atoms with Crippen molar-refractivity contribution in [3.63, 3.8) is 0 Å². The molecule has 0 unspecified atom stereocenters. The van der Waals surface area contributed by atoms with Crippen molar-refractivity contribution in [2.45, 2.75) is 13.3 Å². The van der Waals surface area contributed by atoms with Crippen molar-refractivity contribution < 1.29 is 18.7 Å². The molecular formula is C12H14ClF2NO2. The number of aliphatic hydroxyl groups excluding tert-OH is 1. The minimum atomic E-state index is -2.53. The summed E-state index contributed by atoms with van der Waals surface area (Å²) in [6.45, 7) is 0.691. The van der Waals surface area contributed by atoms with E-state index in [2.05, 4.69) is 0 Å². The number of benzene rings is 1. The van der Waals surface area contributed by atoms with Crippen LogP contribution in [0.1, 0.15) is 17.3 Å². The second-order valence-electron chi connectivity index (χ2n) is 3.78. The third-order valence-corrected chi connectivity index (χ3v) is 2.73. The molecule has 1 aromatic rings. The molecule has 0 fully saturated rings. The van der Waals surface area contributed by atoms with E-state index in [0.29, 0.717) is 11.3 Å². The van der Waals surface area contributed by atoms with E-state index in [1.807, 2.05) is 0 Å². The van der Waals surface area contributed by atoms with E-state index in [1.54, 1.807) is 0 Å². The van der Waals surface area contributed by atoms with Gasteiger partial charge in [-0.2, -0.15) is 0 Å². The van der Waals surface area contributed by atoms with Gasteiger partial charge >= 0.3 is 0 Å². The number of Topliss-reactive ketones (excluding diaryl/α,β-unsaturated/α-hetero) is 1. The van der Waals surface area contributed by atoms with Gasteiger partial charge in [0.1, 0.15) is 0 Å². The van der Waals surface area contributed by atoms with Gasteiger partial charge < -0.3 is 10.0 Å². The van der Waals surface area contributed by atoms with Gasteiger partial charge in [0, 0.05) is 12.1 Å². The lowest BCUT2D eigenvalue weighted by Crippen LogP contribution is -2.31. The van der Waals surface area contributed by atoms with Gasteiger partial charge in [-0.15, -0.1) is 0 Å². The van der Waals surface area contributed by atoms with Gasteiger partial charge in [0.05, 0.1) is 23.9 Å². The number of rotatable bonds is 6. The molecule has 1 N–H and O–H groups in total. The minimum Gasteiger partial charge on any atom is -0.395 e. The smallest absolute Gasteiger partial charge is 0.255 e. The van der Waals surface area contributed by atoms with Crippen LogP contribution in [-0.2, 0) is 0 Å². The molecule has 0 aliphatic heterocycles. The number of aliphatic hydroxyl groups is 1. The van der Waals surface area contributed by atoms with Gasteiger partial charge in [0.2, 0.25) is 0 Å². The van der Waals surface area contributed by atoms with Gasteiger partial charge in [-0.05, 0) is 25.1 Å². The van der Waals surface area contributed by atoms with E-state index in [4.69, 9.17) is 16.7 Å². The standard InChI is InChI=1S/C12H14ClF2NO2/c1-8(18)9-2-3-11(10(13)6-9)16(4-5-17)7-12(14)15/h2-3,6,12,17H,4-5,7H2,1H3. The summed E-state index contributed by atoms with van der Waals surface area (Å²) in [5.41, 5.74) is 0.806. The quantitative estimate of drug-likeness (QED) is 0.813. The Bertz CT molecular complexity index is 427. The summed E-state index contributed by atoms with van der Waals surface area (Å²) in [4.78, 5) is 12.4. The fraction of sp³-hybridized carbons (Fsp3) is 0.417. The van der Waals surface area contributed by atoms with Crippen LogP contribution in [0.3, 0.4) is 0 Å². The molecule has 0 bridgehead atoms. The van der Waals surface area contributed by atoms with E-state index in [9.17, 15) is 13.6 Å². The molecule has 0 saturated heterocycles. The van der Waals surface area contributed by atoms with Crippen molar-refractivity contribution in [1.29, 1.82) is 0 Å². The lowest BCUT2D eigenvalue weighted by molar-refractivity contribution is 0.101. The molecule has 0 radical (unpaired) electrons. The highest BCUT2D eigenvalue weighted by molar-refractivity contribution is 6.33. The van der Waals surface area contributed by atoms with Crippen LogP contribution in [-0.4, -0.2) is 37.0 Å². The number of ketones is 1. The van der Waals surface area contributed by atoms with Crippen molar-refractivity contribution in [1.82, 2.24) is 0 Å². The van der Waals surface area contributed by atoms with E-state index in [-0.39, 0.29) is 24.0 Å². The first-order valence-electron chi connectivity index (χ1n) is 5.40. The Kier molecular flexibility index (Phi) is 5.50. The molecule has 1 aromatic carbocycles. The average Bonchev–Trinajstić information content (AvgIpc) is 2.27. The summed E-state index contributed by atoms with van der Waals surface area (Å²) < 4.78 is 24.8. The third kappa shape index (κ3) is 3.92. The first-order valence-corrected chi connectivity index (χ1v) is 5.78. The second kappa shape index (κ2) is 6.66. The molecule has 18 heavy (non-hydrogen) atoms. The fourth-order valence-electron chi connectivity index (χ4n) is 1.58. The van der Waals surface area contributed by atoms with Crippen molar-refractivity contribution in [2.24, 2.45) is 0 Å². The summed E-state index contributed by atoms with van der Waals surface area (Å²) in [6.07, 6.45) is -2.53. The second-order valence-corrected chi connectivity index (χ2v) is 4.19. The van der Waals surface area contributed by atoms with Crippen LogP contribution in [0.4, 0.5) is 14.5 Å². The van der Waals surface area contributed by atoms with Crippen molar-refractivity contribution in [2.75, 3.05) is 24.6 Å². The van der Waals surface area contributed by atoms with Crippen LogP contribution < -0.4 is 4.90 Å². The van der Waals surface area contributed by atoms with Crippen LogP contribution in [0.15, 0.2) is 18.2 Å². The van der Waals surface area contributed by atoms with Gasteiger partial charge in [-0.3, -0.25) is 4.79 Å². The van der Waals surface area contributed by atoms with Crippen LogP contribution in [0.2, 0.25) is 5.02 Å². The molecule has 0 atom stereocenters. The first-order chi connectivity index (χ1) is 8.45. The predicted molar refractivity (Wildman–Crippen MR) is 66.8 cm³/mol. The zero-order valence-corrected chi connectivity index (χ0v) is 10.6. The van der Waals surface area contributed by atoms with Crippen LogP contribution in [0.5, 0.6) is 0 Å². The Morgan fingerprint density at radius 3 is 2.61 bits per heavy atom. The van der Waals surface area contributed by atoms with E-state index in [1.165, 1.54) is 30.0 Å². The predicted octanol–water partition coefficient (Wildman–Crippen LogP) is 2.61. The summed E-state index contributed by atoms with van der Waals surface area (Å²) >= 11 is 5.97. The Morgan fingerprint density at radius 2 is 2.17 bits per heavy atom. The zero-order valence-electron chi connectivity index (χ0n) is 9.87. The van der Waals surface area contributed by atoms with Crippen molar-refractivity contribution in [3.05, 3.63) is 28.8 Å². The first kappa shape index (κ1) is 14.9. The average molecular weight is 278 g/mol. The van der Waals surface area contributed by atoms with Crippen LogP contribution >= 0.6 is 11.6 Å². The number of alkyl halides is 2. The largest absolute Gasteiger partial charge is 0.395 e. The molecule has 0 spiro atoms. The van der Waals surface area contributed by atoms with E-state index < -0.39 is 13.0 Å². The SMILES string of the molecule is CC(=O)c1ccc(N(CCO)CC(F)F)c(Cl)c1. The number of anilines is 1. The molecular weight excluding hydrogens is 264 g/mol. The molecule has 0 saturated carbocycles. The summed E-state index contributed by atoms with van der Waals surface area (Å²) in [6, 6.07) is 4.48. The Balaban J connectivity index is 3.01. The molecule has 6 heteroatoms. The molecule has 0 aromatic heterocycles. The summed E-state index contributed by atoms with van der Waals surface area (Å²) in [7, 11) is 0. The summed E-state index contributed by atoms with van der Waals surface area (Å²) in [5.74, 6) is -0.147. The zero-order chi connectivity index (χ0) is 13.7. The Morgan fingerprint density at radius 1 is 1.50 bits per heavy atom. The highest BCUT2D eigenvalue weighted by atomic mass is 35.5. The Hall–Kier alpha value is -1.20. The maximum absolute atomic E-state index is 12.4. The van der Waals surface area contributed by atoms with Crippen molar-refractivity contribution >= 4 is 23.1 Å². The molecule has 0 aliphatic carbocycles. The number of carbonyl (C=O) groups excluding carboxylic acids is 1. The molecule has 0 aliphatic rings. The number of nitrogens with zero attached hydrogens (tertiary/aromatic N) is 1. The highest BCUT2D eigenvalue weighted by Gasteiger charge is 2.15. The number of hydrogen-bond acceptors (Lipinski definition) is 3. The monoisotopic (exact) mass is 277 g/mol. The molecule has 0 heterocycles. The lowest BCUT2D eigenvalue weighted by Gasteiger charge is -2.24.